The van der Waals surface area contributed by atoms with Crippen LogP contribution in [0.15, 0.2) is 36.5 Å². The van der Waals surface area contributed by atoms with E-state index in [1.165, 1.54) is 51.4 Å². The largest absolute Gasteiger partial charge is 0.462 e. The lowest BCUT2D eigenvalue weighted by atomic mass is 10.00. The Morgan fingerprint density at radius 1 is 0.596 bits per heavy atom. The van der Waals surface area contributed by atoms with Gasteiger partial charge >= 0.3 is 11.9 Å². The fourth-order valence-electron chi connectivity index (χ4n) is 6.46. The van der Waals surface area contributed by atoms with Crippen molar-refractivity contribution in [1.29, 1.82) is 0 Å². The number of carbonyl (C=O) groups is 2. The van der Waals surface area contributed by atoms with Crippen molar-refractivity contribution in [2.75, 3.05) is 19.0 Å². The Kier molecular flexibility index (Phi) is 32.2. The summed E-state index contributed by atoms with van der Waals surface area (Å²) in [5.41, 5.74) is 0. The van der Waals surface area contributed by atoms with Crippen LogP contribution in [0.2, 0.25) is 0 Å². The molecule has 4 N–H and O–H groups in total. The smallest absolute Gasteiger partial charge is 0.306 e. The highest BCUT2D eigenvalue weighted by molar-refractivity contribution is 7.85. The highest BCUT2D eigenvalue weighted by Gasteiger charge is 2.46. The van der Waals surface area contributed by atoms with E-state index in [1.54, 1.807) is 0 Å². The molecule has 0 aromatic rings. The number of hydrogen-bond donors (Lipinski definition) is 4. The van der Waals surface area contributed by atoms with Gasteiger partial charge in [-0.15, -0.1) is 0 Å². The summed E-state index contributed by atoms with van der Waals surface area (Å²) in [7, 11) is -4.60. The molecule has 0 aromatic carbocycles. The highest BCUT2D eigenvalue weighted by Crippen LogP contribution is 2.24. The summed E-state index contributed by atoms with van der Waals surface area (Å²) in [6.07, 6.45) is 29.0. The van der Waals surface area contributed by atoms with Gasteiger partial charge in [0.2, 0.25) is 0 Å². The summed E-state index contributed by atoms with van der Waals surface area (Å²) in [4.78, 5) is 25.3. The number of aliphatic hydroxyl groups is 3. The molecule has 0 spiro atoms. The van der Waals surface area contributed by atoms with Crippen LogP contribution in [-0.2, 0) is 38.7 Å². The number of hydrogen-bond acceptors (Lipinski definition) is 11. The van der Waals surface area contributed by atoms with E-state index in [2.05, 4.69) is 50.3 Å². The molecule has 1 aliphatic rings. The SMILES string of the molecule is CCCCC/C=C\C/C=C\CCCCCCCCCC(=O)OC(COC(=O)CCCCCCC/C=C\CCCCC)COC1OC(CS(=O)(=O)O)C(O)C(O)C1O. The molecule has 12 nitrogen and oxygen atoms in total. The molecule has 6 atom stereocenters. The Bertz CT molecular complexity index is 1200. The normalized spacial score (nSPS) is 20.8. The van der Waals surface area contributed by atoms with Crippen molar-refractivity contribution in [3.05, 3.63) is 36.5 Å². The van der Waals surface area contributed by atoms with Crippen LogP contribution in [0.1, 0.15) is 174 Å². The van der Waals surface area contributed by atoms with Crippen LogP contribution in [0.3, 0.4) is 0 Å². The van der Waals surface area contributed by atoms with Crippen molar-refractivity contribution in [1.82, 2.24) is 0 Å². The van der Waals surface area contributed by atoms with Gasteiger partial charge in [0.15, 0.2) is 12.4 Å². The van der Waals surface area contributed by atoms with Gasteiger partial charge in [0.05, 0.1) is 6.61 Å². The molecule has 1 saturated heterocycles. The molecule has 1 rings (SSSR count). The highest BCUT2D eigenvalue weighted by atomic mass is 32.2. The van der Waals surface area contributed by atoms with Crippen LogP contribution in [0.5, 0.6) is 0 Å². The van der Waals surface area contributed by atoms with Gasteiger partial charge in [-0.25, -0.2) is 0 Å². The Hall–Kier alpha value is -2.13. The lowest BCUT2D eigenvalue weighted by Gasteiger charge is -2.40. The number of carbonyl (C=O) groups excluding carboxylic acids is 2. The zero-order chi connectivity index (χ0) is 42.0. The number of unbranched alkanes of at least 4 members (excludes halogenated alkanes) is 18. The van der Waals surface area contributed by atoms with E-state index in [-0.39, 0.29) is 19.4 Å². The molecule has 1 fully saturated rings. The maximum absolute atomic E-state index is 12.8. The minimum absolute atomic E-state index is 0.154. The van der Waals surface area contributed by atoms with Crippen LogP contribution in [0.4, 0.5) is 0 Å². The summed E-state index contributed by atoms with van der Waals surface area (Å²) in [5, 5.41) is 30.8. The second-order valence-corrected chi connectivity index (χ2v) is 16.9. The fraction of sp³-hybridized carbons (Fsp3) is 0.818. The summed E-state index contributed by atoms with van der Waals surface area (Å²) in [6, 6.07) is 0. The number of ether oxygens (including phenoxy) is 4. The lowest BCUT2D eigenvalue weighted by Crippen LogP contribution is -2.60. The van der Waals surface area contributed by atoms with Crippen molar-refractivity contribution < 1.29 is 56.8 Å². The third-order valence-corrected chi connectivity index (χ3v) is 10.7. The van der Waals surface area contributed by atoms with Crippen molar-refractivity contribution in [2.45, 2.75) is 211 Å². The van der Waals surface area contributed by atoms with E-state index >= 15 is 0 Å². The Labute approximate surface area is 344 Å². The molecule has 0 aliphatic carbocycles. The van der Waals surface area contributed by atoms with Gasteiger partial charge in [0.1, 0.15) is 36.8 Å². The number of aliphatic hydroxyl groups excluding tert-OH is 3. The topological polar surface area (TPSA) is 186 Å². The standard InChI is InChI=1S/C44H78O12S/c1-3-5-7-9-11-13-15-17-18-19-20-21-23-25-27-29-31-33-40(46)55-37(35-54-44-43(49)42(48)41(47)38(56-44)36-57(50,51)52)34-53-39(45)32-30-28-26-24-22-16-14-12-10-8-6-4-2/h11-14,17-18,37-38,41-44,47-49H,3-10,15-16,19-36H2,1-2H3,(H,50,51,52)/b13-11-,14-12-,18-17-. The van der Waals surface area contributed by atoms with Crippen molar-refractivity contribution in [3.8, 4) is 0 Å². The molecular formula is C44H78O12S. The van der Waals surface area contributed by atoms with Gasteiger partial charge in [0.25, 0.3) is 10.1 Å². The first-order valence-electron chi connectivity index (χ1n) is 22.0. The number of rotatable bonds is 36. The second-order valence-electron chi connectivity index (χ2n) is 15.4. The van der Waals surface area contributed by atoms with E-state index in [0.717, 1.165) is 83.5 Å². The molecule has 332 valence electrons. The third kappa shape index (κ3) is 29.7. The van der Waals surface area contributed by atoms with E-state index in [9.17, 15) is 37.9 Å². The molecule has 0 amide bonds. The summed E-state index contributed by atoms with van der Waals surface area (Å²) < 4.78 is 54.0. The predicted molar refractivity (Wildman–Crippen MR) is 224 cm³/mol. The summed E-state index contributed by atoms with van der Waals surface area (Å²) in [6.45, 7) is 3.69. The number of esters is 2. The van der Waals surface area contributed by atoms with Crippen LogP contribution >= 0.6 is 0 Å². The first-order valence-corrected chi connectivity index (χ1v) is 23.7. The quantitative estimate of drug-likeness (QED) is 0.0204. The molecule has 0 bridgehead atoms. The molecule has 1 aliphatic heterocycles. The molecule has 1 heterocycles. The van der Waals surface area contributed by atoms with Crippen molar-refractivity contribution >= 4 is 22.1 Å². The predicted octanol–water partition coefficient (Wildman–Crippen LogP) is 8.61. The van der Waals surface area contributed by atoms with Gasteiger partial charge in [-0.2, -0.15) is 8.42 Å². The molecular weight excluding hydrogens is 753 g/mol. The molecule has 0 saturated carbocycles. The van der Waals surface area contributed by atoms with Gasteiger partial charge in [-0.3, -0.25) is 14.1 Å². The molecule has 0 radical (unpaired) electrons. The second kappa shape index (κ2) is 34.7. The van der Waals surface area contributed by atoms with Crippen molar-refractivity contribution in [2.24, 2.45) is 0 Å². The zero-order valence-electron chi connectivity index (χ0n) is 35.2. The zero-order valence-corrected chi connectivity index (χ0v) is 36.0. The minimum Gasteiger partial charge on any atom is -0.462 e. The van der Waals surface area contributed by atoms with Crippen molar-refractivity contribution in [3.63, 3.8) is 0 Å². The Balaban J connectivity index is 2.47. The molecule has 6 unspecified atom stereocenters. The van der Waals surface area contributed by atoms with Gasteiger partial charge in [-0.1, -0.05) is 127 Å². The summed E-state index contributed by atoms with van der Waals surface area (Å²) in [5.74, 6) is -2.00. The van der Waals surface area contributed by atoms with E-state index in [1.807, 2.05) is 0 Å². The third-order valence-electron chi connectivity index (χ3n) is 9.94. The maximum Gasteiger partial charge on any atom is 0.306 e. The maximum atomic E-state index is 12.8. The summed E-state index contributed by atoms with van der Waals surface area (Å²) >= 11 is 0. The van der Waals surface area contributed by atoms with Crippen LogP contribution in [-0.4, -0.2) is 96.0 Å². The van der Waals surface area contributed by atoms with Crippen LogP contribution in [0, 0.1) is 0 Å². The first kappa shape index (κ1) is 52.9. The minimum atomic E-state index is -4.60. The van der Waals surface area contributed by atoms with Crippen LogP contribution < -0.4 is 0 Å². The lowest BCUT2D eigenvalue weighted by molar-refractivity contribution is -0.297. The molecule has 13 heteroatoms. The van der Waals surface area contributed by atoms with Crippen LogP contribution in [0.25, 0.3) is 0 Å². The fourth-order valence-corrected chi connectivity index (χ4v) is 7.16. The van der Waals surface area contributed by atoms with E-state index in [4.69, 9.17) is 18.9 Å². The average Bonchev–Trinajstić information content (AvgIpc) is 3.17. The Morgan fingerprint density at radius 2 is 1.05 bits per heavy atom. The van der Waals surface area contributed by atoms with Gasteiger partial charge < -0.3 is 34.3 Å². The van der Waals surface area contributed by atoms with E-state index < -0.39 is 71.2 Å². The van der Waals surface area contributed by atoms with Gasteiger partial charge in [0, 0.05) is 12.8 Å². The van der Waals surface area contributed by atoms with Gasteiger partial charge in [-0.05, 0) is 70.6 Å². The Morgan fingerprint density at radius 3 is 1.56 bits per heavy atom. The molecule has 0 aromatic heterocycles. The average molecular weight is 831 g/mol. The monoisotopic (exact) mass is 831 g/mol. The first-order chi connectivity index (χ1) is 27.5. The molecule has 57 heavy (non-hydrogen) atoms. The van der Waals surface area contributed by atoms with E-state index in [0.29, 0.717) is 12.8 Å². The number of allylic oxidation sites excluding steroid dienone is 6.